The lowest BCUT2D eigenvalue weighted by molar-refractivity contribution is -0.129. The fourth-order valence-electron chi connectivity index (χ4n) is 2.21. The molecule has 6 nitrogen and oxygen atoms in total. The highest BCUT2D eigenvalue weighted by Crippen LogP contribution is 2.19. The molecule has 0 heterocycles. The maximum atomic E-state index is 12.9. The molecule has 0 aliphatic heterocycles. The molecule has 0 aliphatic carbocycles. The van der Waals surface area contributed by atoms with Crippen molar-refractivity contribution < 1.29 is 18.4 Å². The number of sulfonamides is 1. The molecule has 128 valence electrons. The summed E-state index contributed by atoms with van der Waals surface area (Å²) in [5.74, 6) is -0.632. The summed E-state index contributed by atoms with van der Waals surface area (Å²) in [5, 5.41) is 8.62. The van der Waals surface area contributed by atoms with Gasteiger partial charge in [0.2, 0.25) is 15.9 Å². The first-order chi connectivity index (χ1) is 11.4. The molecular weight excluding hydrogens is 328 g/mol. The Labute approximate surface area is 141 Å². The van der Waals surface area contributed by atoms with Crippen molar-refractivity contribution in [3.05, 3.63) is 65.7 Å². The van der Waals surface area contributed by atoms with Gasteiger partial charge < -0.3 is 0 Å². The number of hydrogen-bond donors (Lipinski definition) is 2. The fourth-order valence-corrected chi connectivity index (χ4v) is 3.64. The lowest BCUT2D eigenvalue weighted by atomic mass is 10.2. The molecule has 0 radical (unpaired) electrons. The summed E-state index contributed by atoms with van der Waals surface area (Å²) in [7, 11) is -3.75. The Morgan fingerprint density at radius 2 is 1.71 bits per heavy atom. The van der Waals surface area contributed by atoms with Crippen LogP contribution in [0.2, 0.25) is 0 Å². The minimum absolute atomic E-state index is 0.0303. The van der Waals surface area contributed by atoms with Crippen molar-refractivity contribution in [1.29, 1.82) is 0 Å². The van der Waals surface area contributed by atoms with Crippen LogP contribution in [0.3, 0.4) is 0 Å². The number of amides is 1. The lowest BCUT2D eigenvalue weighted by Gasteiger charge is -2.22. The van der Waals surface area contributed by atoms with Crippen LogP contribution in [0.15, 0.2) is 59.5 Å². The Balaban J connectivity index is 2.29. The van der Waals surface area contributed by atoms with E-state index in [-0.39, 0.29) is 24.4 Å². The number of carbonyl (C=O) groups excluding carboxylic acids is 1. The van der Waals surface area contributed by atoms with Gasteiger partial charge in [0.25, 0.3) is 0 Å². The summed E-state index contributed by atoms with van der Waals surface area (Å²) in [6.07, 6.45) is -0.131. The van der Waals surface area contributed by atoms with Gasteiger partial charge in [-0.15, -0.1) is 0 Å². The predicted octanol–water partition coefficient (Wildman–Crippen LogP) is 2.08. The minimum atomic E-state index is -3.75. The Hall–Kier alpha value is -2.22. The zero-order valence-corrected chi connectivity index (χ0v) is 14.2. The van der Waals surface area contributed by atoms with Crippen LogP contribution < -0.4 is 5.48 Å². The molecule has 2 aromatic rings. The van der Waals surface area contributed by atoms with Crippen LogP contribution in [0.1, 0.15) is 17.5 Å². The lowest BCUT2D eigenvalue weighted by Crippen LogP contribution is -2.34. The monoisotopic (exact) mass is 348 g/mol. The Kier molecular flexibility index (Phi) is 6.08. The zero-order valence-electron chi connectivity index (χ0n) is 13.3. The van der Waals surface area contributed by atoms with E-state index in [4.69, 9.17) is 5.21 Å². The van der Waals surface area contributed by atoms with Crippen molar-refractivity contribution in [3.63, 3.8) is 0 Å². The average Bonchev–Trinajstić information content (AvgIpc) is 2.59. The van der Waals surface area contributed by atoms with Gasteiger partial charge in [-0.1, -0.05) is 48.0 Å². The van der Waals surface area contributed by atoms with Gasteiger partial charge in [-0.25, -0.2) is 13.9 Å². The summed E-state index contributed by atoms with van der Waals surface area (Å²) in [4.78, 5) is 11.5. The fraction of sp³-hybridized carbons (Fsp3) is 0.235. The molecule has 0 aromatic heterocycles. The van der Waals surface area contributed by atoms with Crippen molar-refractivity contribution in [2.24, 2.45) is 0 Å². The predicted molar refractivity (Wildman–Crippen MR) is 89.8 cm³/mol. The second-order valence-electron chi connectivity index (χ2n) is 5.42. The zero-order chi connectivity index (χ0) is 17.6. The van der Waals surface area contributed by atoms with Gasteiger partial charge in [0.1, 0.15) is 0 Å². The van der Waals surface area contributed by atoms with E-state index in [2.05, 4.69) is 0 Å². The minimum Gasteiger partial charge on any atom is -0.289 e. The molecule has 0 bridgehead atoms. The summed E-state index contributed by atoms with van der Waals surface area (Å²) < 4.78 is 27.0. The quantitative estimate of drug-likeness (QED) is 0.592. The molecule has 2 N–H and O–H groups in total. The number of carbonyl (C=O) groups is 1. The third-order valence-corrected chi connectivity index (χ3v) is 5.43. The third kappa shape index (κ3) is 4.64. The third-order valence-electron chi connectivity index (χ3n) is 3.57. The number of nitrogens with zero attached hydrogens (tertiary/aromatic N) is 1. The summed E-state index contributed by atoms with van der Waals surface area (Å²) in [6.45, 7) is 2.00. The molecular formula is C17H20N2O4S. The highest BCUT2D eigenvalue weighted by Gasteiger charge is 2.25. The van der Waals surface area contributed by atoms with Gasteiger partial charge in [-0.3, -0.25) is 10.0 Å². The molecule has 2 aromatic carbocycles. The highest BCUT2D eigenvalue weighted by molar-refractivity contribution is 7.89. The van der Waals surface area contributed by atoms with Crippen molar-refractivity contribution in [2.75, 3.05) is 6.54 Å². The molecule has 0 atom stereocenters. The first-order valence-corrected chi connectivity index (χ1v) is 8.91. The van der Waals surface area contributed by atoms with Crippen LogP contribution in [-0.2, 0) is 21.4 Å². The molecule has 0 saturated carbocycles. The van der Waals surface area contributed by atoms with Crippen molar-refractivity contribution in [3.8, 4) is 0 Å². The maximum Gasteiger partial charge on any atom is 0.244 e. The van der Waals surface area contributed by atoms with E-state index in [1.807, 2.05) is 37.3 Å². The van der Waals surface area contributed by atoms with E-state index in [0.717, 1.165) is 11.1 Å². The van der Waals surface area contributed by atoms with Gasteiger partial charge in [0.15, 0.2) is 0 Å². The van der Waals surface area contributed by atoms with E-state index in [1.54, 1.807) is 24.3 Å². The van der Waals surface area contributed by atoms with Crippen LogP contribution in [0.5, 0.6) is 0 Å². The molecule has 0 aliphatic rings. The molecule has 0 unspecified atom stereocenters. The summed E-state index contributed by atoms with van der Waals surface area (Å²) in [6, 6.07) is 15.7. The first kappa shape index (κ1) is 18.1. The molecule has 24 heavy (non-hydrogen) atoms. The van der Waals surface area contributed by atoms with Gasteiger partial charge in [0.05, 0.1) is 4.90 Å². The highest BCUT2D eigenvalue weighted by atomic mass is 32.2. The number of aryl methyl sites for hydroxylation is 1. The van der Waals surface area contributed by atoms with Crippen molar-refractivity contribution in [1.82, 2.24) is 9.79 Å². The largest absolute Gasteiger partial charge is 0.289 e. The average molecular weight is 348 g/mol. The number of rotatable bonds is 7. The van der Waals surface area contributed by atoms with E-state index < -0.39 is 15.9 Å². The van der Waals surface area contributed by atoms with Crippen molar-refractivity contribution in [2.45, 2.75) is 24.8 Å². The molecule has 2 rings (SSSR count). The number of nitrogens with one attached hydrogen (secondary N) is 1. The number of hydroxylamine groups is 1. The van der Waals surface area contributed by atoms with Crippen molar-refractivity contribution >= 4 is 15.9 Å². The number of hydrogen-bond acceptors (Lipinski definition) is 4. The number of benzene rings is 2. The van der Waals surface area contributed by atoms with Crippen LogP contribution in [0.4, 0.5) is 0 Å². The van der Waals surface area contributed by atoms with Crippen LogP contribution in [-0.4, -0.2) is 30.4 Å². The standard InChI is InChI=1S/C17H20N2O4S/c1-14-7-9-16(10-8-14)24(22,23)19(12-11-17(20)18-21)13-15-5-3-2-4-6-15/h2-10,21H,11-13H2,1H3,(H,18,20). The second-order valence-corrected chi connectivity index (χ2v) is 7.36. The topological polar surface area (TPSA) is 86.7 Å². The molecule has 7 heteroatoms. The summed E-state index contributed by atoms with van der Waals surface area (Å²) >= 11 is 0. The van der Waals surface area contributed by atoms with Crippen LogP contribution >= 0.6 is 0 Å². The Bertz CT molecular complexity index is 774. The van der Waals surface area contributed by atoms with E-state index >= 15 is 0 Å². The molecule has 1 amide bonds. The summed E-state index contributed by atoms with van der Waals surface area (Å²) in [5.41, 5.74) is 3.30. The molecule has 0 spiro atoms. The first-order valence-electron chi connectivity index (χ1n) is 7.47. The van der Waals surface area contributed by atoms with E-state index in [0.29, 0.717) is 0 Å². The van der Waals surface area contributed by atoms with Gasteiger partial charge in [0, 0.05) is 19.5 Å². The maximum absolute atomic E-state index is 12.9. The van der Waals surface area contributed by atoms with Crippen LogP contribution in [0.25, 0.3) is 0 Å². The Morgan fingerprint density at radius 1 is 1.08 bits per heavy atom. The Morgan fingerprint density at radius 3 is 2.29 bits per heavy atom. The van der Waals surface area contributed by atoms with Crippen LogP contribution in [0, 0.1) is 6.92 Å². The van der Waals surface area contributed by atoms with E-state index in [1.165, 1.54) is 9.79 Å². The second kappa shape index (κ2) is 8.05. The molecule has 0 saturated heterocycles. The SMILES string of the molecule is Cc1ccc(S(=O)(=O)N(CCC(=O)NO)Cc2ccccc2)cc1. The molecule has 0 fully saturated rings. The van der Waals surface area contributed by atoms with Gasteiger partial charge in [-0.05, 0) is 24.6 Å². The van der Waals surface area contributed by atoms with Gasteiger partial charge in [-0.2, -0.15) is 4.31 Å². The van der Waals surface area contributed by atoms with Gasteiger partial charge >= 0.3 is 0 Å². The smallest absolute Gasteiger partial charge is 0.244 e. The van der Waals surface area contributed by atoms with E-state index in [9.17, 15) is 13.2 Å². The normalized spacial score (nSPS) is 11.5.